The average molecular weight is 501 g/mol. The van der Waals surface area contributed by atoms with Crippen molar-refractivity contribution in [2.24, 2.45) is 0 Å². The molecule has 2 N–H and O–H groups in total. The van der Waals surface area contributed by atoms with Gasteiger partial charge in [-0.3, -0.25) is 19.3 Å². The van der Waals surface area contributed by atoms with Gasteiger partial charge in [0.05, 0.1) is 15.6 Å². The van der Waals surface area contributed by atoms with Gasteiger partial charge in [-0.2, -0.15) is 0 Å². The monoisotopic (exact) mass is 500 g/mol. The summed E-state index contributed by atoms with van der Waals surface area (Å²) in [5.41, 5.74) is 1.96. The summed E-state index contributed by atoms with van der Waals surface area (Å²) in [6, 6.07) is 10.4. The smallest absolute Gasteiger partial charge is 0.294 e. The molecule has 1 aliphatic rings. The van der Waals surface area contributed by atoms with Crippen molar-refractivity contribution in [2.75, 3.05) is 11.9 Å². The van der Waals surface area contributed by atoms with Gasteiger partial charge >= 0.3 is 0 Å². The number of rotatable bonds is 4. The molecule has 0 aliphatic carbocycles. The van der Waals surface area contributed by atoms with Crippen LogP contribution in [0.4, 0.5) is 10.5 Å². The molecule has 1 fully saturated rings. The molecular weight excluding hydrogens is 472 g/mol. The maximum absolute atomic E-state index is 13.0. The predicted octanol–water partition coefficient (Wildman–Crippen LogP) is 6.32. The Morgan fingerprint density at radius 3 is 2.15 bits per heavy atom. The molecule has 2 aromatic rings. The molecule has 0 spiro atoms. The maximum atomic E-state index is 13.0. The first-order valence-corrected chi connectivity index (χ1v) is 12.1. The van der Waals surface area contributed by atoms with Crippen molar-refractivity contribution in [2.45, 2.75) is 52.4 Å². The van der Waals surface area contributed by atoms with Crippen molar-refractivity contribution >= 4 is 52.2 Å². The highest BCUT2D eigenvalue weighted by molar-refractivity contribution is 8.18. The molecule has 1 heterocycles. The third-order valence-corrected chi connectivity index (χ3v) is 6.61. The van der Waals surface area contributed by atoms with Crippen LogP contribution >= 0.6 is 23.4 Å². The van der Waals surface area contributed by atoms with E-state index in [9.17, 15) is 19.5 Å². The van der Waals surface area contributed by atoms with Gasteiger partial charge in [0.1, 0.15) is 12.3 Å². The SMILES string of the molecule is CC(C)(C)c1cc(/C=C2/SC(=O)N(CC(=O)Nc3ccccc3Cl)C2=O)cc(C(C)(C)C)c1O. The van der Waals surface area contributed by atoms with Gasteiger partial charge in [0.2, 0.25) is 5.91 Å². The highest BCUT2D eigenvalue weighted by Crippen LogP contribution is 2.41. The molecule has 3 rings (SSSR count). The first kappa shape index (κ1) is 25.8. The molecule has 2 aromatic carbocycles. The van der Waals surface area contributed by atoms with Crippen LogP contribution in [0, 0.1) is 0 Å². The number of benzene rings is 2. The van der Waals surface area contributed by atoms with Gasteiger partial charge in [-0.05, 0) is 58.5 Å². The summed E-state index contributed by atoms with van der Waals surface area (Å²) in [5, 5.41) is 13.4. The summed E-state index contributed by atoms with van der Waals surface area (Å²) in [6.07, 6.45) is 1.64. The predicted molar refractivity (Wildman–Crippen MR) is 138 cm³/mol. The summed E-state index contributed by atoms with van der Waals surface area (Å²) < 4.78 is 0. The Bertz CT molecular complexity index is 1160. The number of carbonyl (C=O) groups is 3. The van der Waals surface area contributed by atoms with Crippen LogP contribution in [0.15, 0.2) is 41.3 Å². The number of anilines is 1. The van der Waals surface area contributed by atoms with Gasteiger partial charge in [0.15, 0.2) is 0 Å². The minimum absolute atomic E-state index is 0.223. The number of hydrogen-bond donors (Lipinski definition) is 2. The number of phenols is 1. The fraction of sp³-hybridized carbons (Fsp3) is 0.346. The van der Waals surface area contributed by atoms with Crippen LogP contribution in [0.3, 0.4) is 0 Å². The molecule has 6 nitrogen and oxygen atoms in total. The molecule has 180 valence electrons. The Hall–Kier alpha value is -2.77. The molecule has 0 bridgehead atoms. The lowest BCUT2D eigenvalue weighted by Crippen LogP contribution is -2.36. The average Bonchev–Trinajstić information content (AvgIpc) is 2.96. The molecule has 0 unspecified atom stereocenters. The van der Waals surface area contributed by atoms with Crippen molar-refractivity contribution in [3.8, 4) is 5.75 Å². The van der Waals surface area contributed by atoms with E-state index in [0.29, 0.717) is 16.3 Å². The second kappa shape index (κ2) is 9.47. The third-order valence-electron chi connectivity index (χ3n) is 5.37. The van der Waals surface area contributed by atoms with Gasteiger partial charge in [-0.25, -0.2) is 0 Å². The second-order valence-corrected chi connectivity index (χ2v) is 11.7. The quantitative estimate of drug-likeness (QED) is 0.480. The number of amides is 3. The number of nitrogens with zero attached hydrogens (tertiary/aromatic N) is 1. The number of para-hydroxylation sites is 1. The number of phenolic OH excluding ortho intramolecular Hbond substituents is 1. The molecule has 3 amide bonds. The highest BCUT2D eigenvalue weighted by Gasteiger charge is 2.36. The van der Waals surface area contributed by atoms with Gasteiger partial charge in [0, 0.05) is 11.1 Å². The molecule has 1 aliphatic heterocycles. The normalized spacial score (nSPS) is 15.9. The van der Waals surface area contributed by atoms with Gasteiger partial charge in [-0.1, -0.05) is 65.3 Å². The lowest BCUT2D eigenvalue weighted by molar-refractivity contribution is -0.127. The number of hydrogen-bond acceptors (Lipinski definition) is 5. The maximum Gasteiger partial charge on any atom is 0.294 e. The summed E-state index contributed by atoms with van der Waals surface area (Å²) in [6.45, 7) is 11.6. The van der Waals surface area contributed by atoms with E-state index in [2.05, 4.69) is 5.32 Å². The fourth-order valence-electron chi connectivity index (χ4n) is 3.57. The molecule has 0 saturated carbocycles. The number of thioether (sulfide) groups is 1. The van der Waals surface area contributed by atoms with E-state index in [1.807, 2.05) is 53.7 Å². The molecule has 34 heavy (non-hydrogen) atoms. The van der Waals surface area contributed by atoms with E-state index < -0.39 is 23.6 Å². The Morgan fingerprint density at radius 2 is 1.62 bits per heavy atom. The van der Waals surface area contributed by atoms with E-state index in [0.717, 1.165) is 27.8 Å². The number of nitrogens with one attached hydrogen (secondary N) is 1. The molecule has 0 radical (unpaired) electrons. The van der Waals surface area contributed by atoms with Crippen LogP contribution in [0.25, 0.3) is 6.08 Å². The molecule has 1 saturated heterocycles. The number of aromatic hydroxyl groups is 1. The zero-order valence-corrected chi connectivity index (χ0v) is 21.7. The van der Waals surface area contributed by atoms with Crippen LogP contribution in [0.5, 0.6) is 5.75 Å². The Balaban J connectivity index is 1.89. The second-order valence-electron chi connectivity index (χ2n) is 10.3. The van der Waals surface area contributed by atoms with E-state index in [-0.39, 0.29) is 21.5 Å². The summed E-state index contributed by atoms with van der Waals surface area (Å²) in [5.74, 6) is -0.820. The summed E-state index contributed by atoms with van der Waals surface area (Å²) >= 11 is 6.85. The molecular formula is C26H29ClN2O4S. The van der Waals surface area contributed by atoms with Crippen LogP contribution in [-0.2, 0) is 20.4 Å². The topological polar surface area (TPSA) is 86.7 Å². The molecule has 0 atom stereocenters. The number of imide groups is 1. The van der Waals surface area contributed by atoms with E-state index >= 15 is 0 Å². The number of halogens is 1. The lowest BCUT2D eigenvalue weighted by atomic mass is 9.78. The van der Waals surface area contributed by atoms with Gasteiger partial charge in [0.25, 0.3) is 11.1 Å². The van der Waals surface area contributed by atoms with Crippen LogP contribution < -0.4 is 5.32 Å². The van der Waals surface area contributed by atoms with Gasteiger partial charge < -0.3 is 10.4 Å². The molecule has 8 heteroatoms. The van der Waals surface area contributed by atoms with E-state index in [4.69, 9.17) is 11.6 Å². The Kier molecular flexibility index (Phi) is 7.20. The fourth-order valence-corrected chi connectivity index (χ4v) is 4.59. The van der Waals surface area contributed by atoms with Crippen LogP contribution in [0.2, 0.25) is 5.02 Å². The van der Waals surface area contributed by atoms with E-state index in [1.54, 1.807) is 30.3 Å². The van der Waals surface area contributed by atoms with Crippen molar-refractivity contribution in [1.82, 2.24) is 4.90 Å². The third kappa shape index (κ3) is 5.65. The van der Waals surface area contributed by atoms with Crippen molar-refractivity contribution in [1.29, 1.82) is 0 Å². The van der Waals surface area contributed by atoms with Crippen molar-refractivity contribution < 1.29 is 19.5 Å². The largest absolute Gasteiger partial charge is 0.507 e. The Labute approximate surface area is 209 Å². The van der Waals surface area contributed by atoms with Crippen molar-refractivity contribution in [3.63, 3.8) is 0 Å². The minimum Gasteiger partial charge on any atom is -0.507 e. The zero-order valence-electron chi connectivity index (χ0n) is 20.2. The van der Waals surface area contributed by atoms with E-state index in [1.165, 1.54) is 0 Å². The first-order valence-electron chi connectivity index (χ1n) is 10.9. The zero-order chi connectivity index (χ0) is 25.4. The van der Waals surface area contributed by atoms with Crippen LogP contribution in [-0.4, -0.2) is 33.6 Å². The summed E-state index contributed by atoms with van der Waals surface area (Å²) in [7, 11) is 0. The lowest BCUT2D eigenvalue weighted by Gasteiger charge is -2.28. The Morgan fingerprint density at radius 1 is 1.06 bits per heavy atom. The standard InChI is InChI=1S/C26H29ClN2O4S/c1-25(2,3)16-11-15(12-17(22(16)31)26(4,5)6)13-20-23(32)29(24(33)34-20)14-21(30)28-19-10-8-7-9-18(19)27/h7-13,31H,14H2,1-6H3,(H,28,30)/b20-13+. The highest BCUT2D eigenvalue weighted by atomic mass is 35.5. The van der Waals surface area contributed by atoms with Crippen LogP contribution in [0.1, 0.15) is 58.2 Å². The molecule has 0 aromatic heterocycles. The summed E-state index contributed by atoms with van der Waals surface area (Å²) in [4.78, 5) is 39.1. The van der Waals surface area contributed by atoms with Gasteiger partial charge in [-0.15, -0.1) is 0 Å². The van der Waals surface area contributed by atoms with Crippen molar-refractivity contribution in [3.05, 3.63) is 63.0 Å². The minimum atomic E-state index is -0.535. The first-order chi connectivity index (χ1) is 15.7. The number of carbonyl (C=O) groups excluding carboxylic acids is 3.